The minimum absolute atomic E-state index is 0.683. The predicted octanol–water partition coefficient (Wildman–Crippen LogP) is 3.95. The van der Waals surface area contributed by atoms with Gasteiger partial charge in [0.1, 0.15) is 5.82 Å². The Bertz CT molecular complexity index is 632. The molecule has 2 aromatic rings. The van der Waals surface area contributed by atoms with Crippen LogP contribution >= 0.6 is 0 Å². The highest BCUT2D eigenvalue weighted by atomic mass is 15.2. The lowest BCUT2D eigenvalue weighted by Crippen LogP contribution is -2.17. The standard InChI is InChI=1S/C18H25N5/c1-3-10-19-18-20-14(2)13-17(22-18)21-15-6-8-16(9-7-15)23-11-4-5-12-23/h6-9,13H,3-5,10-12H2,1-2H3,(H2,19,20,21,22). The van der Waals surface area contributed by atoms with Crippen LogP contribution in [0.3, 0.4) is 0 Å². The molecule has 1 aromatic heterocycles. The van der Waals surface area contributed by atoms with Crippen molar-refractivity contribution < 1.29 is 0 Å². The number of benzene rings is 1. The van der Waals surface area contributed by atoms with Gasteiger partial charge in [-0.25, -0.2) is 4.98 Å². The van der Waals surface area contributed by atoms with E-state index in [2.05, 4.69) is 56.7 Å². The summed E-state index contributed by atoms with van der Waals surface area (Å²) in [5.74, 6) is 1.51. The van der Waals surface area contributed by atoms with Crippen LogP contribution in [0.15, 0.2) is 30.3 Å². The van der Waals surface area contributed by atoms with E-state index in [9.17, 15) is 0 Å². The first kappa shape index (κ1) is 15.6. The Morgan fingerprint density at radius 3 is 2.52 bits per heavy atom. The number of hydrogen-bond donors (Lipinski definition) is 2. The highest BCUT2D eigenvalue weighted by molar-refractivity contribution is 5.61. The number of anilines is 4. The largest absolute Gasteiger partial charge is 0.372 e. The molecule has 0 atom stereocenters. The van der Waals surface area contributed by atoms with E-state index < -0.39 is 0 Å². The third-order valence-corrected chi connectivity index (χ3v) is 4.00. The maximum absolute atomic E-state index is 4.52. The first-order chi connectivity index (χ1) is 11.2. The van der Waals surface area contributed by atoms with Crippen molar-refractivity contribution in [3.05, 3.63) is 36.0 Å². The molecule has 0 radical (unpaired) electrons. The summed E-state index contributed by atoms with van der Waals surface area (Å²) >= 11 is 0. The number of rotatable bonds is 6. The average molecular weight is 311 g/mol. The van der Waals surface area contributed by atoms with Gasteiger partial charge in [0.15, 0.2) is 0 Å². The maximum Gasteiger partial charge on any atom is 0.224 e. The summed E-state index contributed by atoms with van der Waals surface area (Å²) in [4.78, 5) is 11.4. The highest BCUT2D eigenvalue weighted by Gasteiger charge is 2.11. The fourth-order valence-corrected chi connectivity index (χ4v) is 2.83. The number of aryl methyl sites for hydroxylation is 1. The smallest absolute Gasteiger partial charge is 0.224 e. The molecular weight excluding hydrogens is 286 g/mol. The Morgan fingerprint density at radius 2 is 1.83 bits per heavy atom. The lowest BCUT2D eigenvalue weighted by Gasteiger charge is -2.18. The zero-order valence-corrected chi connectivity index (χ0v) is 14.0. The number of nitrogens with one attached hydrogen (secondary N) is 2. The quantitative estimate of drug-likeness (QED) is 0.846. The molecule has 0 bridgehead atoms. The summed E-state index contributed by atoms with van der Waals surface area (Å²) in [6.07, 6.45) is 3.65. The fourth-order valence-electron chi connectivity index (χ4n) is 2.83. The van der Waals surface area contributed by atoms with E-state index in [1.54, 1.807) is 0 Å². The van der Waals surface area contributed by atoms with Crippen molar-refractivity contribution in [2.24, 2.45) is 0 Å². The van der Waals surface area contributed by atoms with Crippen LogP contribution in [0.5, 0.6) is 0 Å². The van der Waals surface area contributed by atoms with Crippen LogP contribution in [0.1, 0.15) is 31.9 Å². The molecule has 0 amide bonds. The fraction of sp³-hybridized carbons (Fsp3) is 0.444. The molecule has 5 heteroatoms. The topological polar surface area (TPSA) is 53.1 Å². The maximum atomic E-state index is 4.52. The van der Waals surface area contributed by atoms with Gasteiger partial charge in [0, 0.05) is 42.8 Å². The molecule has 0 saturated carbocycles. The minimum Gasteiger partial charge on any atom is -0.372 e. The predicted molar refractivity (Wildman–Crippen MR) is 96.7 cm³/mol. The Balaban J connectivity index is 1.69. The zero-order chi connectivity index (χ0) is 16.1. The van der Waals surface area contributed by atoms with Crippen molar-refractivity contribution in [1.29, 1.82) is 0 Å². The van der Waals surface area contributed by atoms with Crippen LogP contribution in [0.25, 0.3) is 0 Å². The van der Waals surface area contributed by atoms with Crippen molar-refractivity contribution in [3.63, 3.8) is 0 Å². The number of hydrogen-bond acceptors (Lipinski definition) is 5. The normalized spacial score (nSPS) is 14.1. The monoisotopic (exact) mass is 311 g/mol. The molecule has 0 unspecified atom stereocenters. The molecule has 23 heavy (non-hydrogen) atoms. The second-order valence-corrected chi connectivity index (χ2v) is 6.01. The molecule has 122 valence electrons. The second kappa shape index (κ2) is 7.31. The van der Waals surface area contributed by atoms with E-state index in [1.165, 1.54) is 31.6 Å². The molecule has 3 rings (SSSR count). The van der Waals surface area contributed by atoms with Gasteiger partial charge < -0.3 is 15.5 Å². The van der Waals surface area contributed by atoms with E-state index in [-0.39, 0.29) is 0 Å². The van der Waals surface area contributed by atoms with Crippen molar-refractivity contribution >= 4 is 23.1 Å². The molecule has 5 nitrogen and oxygen atoms in total. The molecule has 1 aliphatic rings. The van der Waals surface area contributed by atoms with Gasteiger partial charge in [0.05, 0.1) is 0 Å². The van der Waals surface area contributed by atoms with Crippen LogP contribution in [0.4, 0.5) is 23.1 Å². The van der Waals surface area contributed by atoms with E-state index in [4.69, 9.17) is 0 Å². The number of nitrogens with zero attached hydrogens (tertiary/aromatic N) is 3. The molecule has 1 aliphatic heterocycles. The summed E-state index contributed by atoms with van der Waals surface area (Å²) in [6, 6.07) is 10.6. The Morgan fingerprint density at radius 1 is 1.09 bits per heavy atom. The second-order valence-electron chi connectivity index (χ2n) is 6.01. The van der Waals surface area contributed by atoms with E-state index >= 15 is 0 Å². The SMILES string of the molecule is CCCNc1nc(C)cc(Nc2ccc(N3CCCC3)cc2)n1. The molecular formula is C18H25N5. The third-order valence-electron chi connectivity index (χ3n) is 4.00. The van der Waals surface area contributed by atoms with Gasteiger partial charge in [-0.2, -0.15) is 4.98 Å². The van der Waals surface area contributed by atoms with Gasteiger partial charge in [-0.1, -0.05) is 6.92 Å². The summed E-state index contributed by atoms with van der Waals surface area (Å²) < 4.78 is 0. The third kappa shape index (κ3) is 4.12. The molecule has 1 aromatic carbocycles. The van der Waals surface area contributed by atoms with Crippen LogP contribution in [-0.4, -0.2) is 29.6 Å². The van der Waals surface area contributed by atoms with Crippen LogP contribution in [0, 0.1) is 6.92 Å². The summed E-state index contributed by atoms with van der Waals surface area (Å²) in [5.41, 5.74) is 3.31. The zero-order valence-electron chi connectivity index (χ0n) is 14.0. The first-order valence-electron chi connectivity index (χ1n) is 8.46. The van der Waals surface area contributed by atoms with Gasteiger partial charge in [-0.3, -0.25) is 0 Å². The van der Waals surface area contributed by atoms with Gasteiger partial charge in [-0.05, 0) is 50.5 Å². The molecule has 0 aliphatic carbocycles. The minimum atomic E-state index is 0.683. The van der Waals surface area contributed by atoms with Crippen LogP contribution in [0.2, 0.25) is 0 Å². The molecule has 2 N–H and O–H groups in total. The van der Waals surface area contributed by atoms with Gasteiger partial charge in [0.25, 0.3) is 0 Å². The van der Waals surface area contributed by atoms with Crippen LogP contribution < -0.4 is 15.5 Å². The first-order valence-corrected chi connectivity index (χ1v) is 8.46. The van der Waals surface area contributed by atoms with Crippen molar-refractivity contribution in [2.45, 2.75) is 33.1 Å². The molecule has 2 heterocycles. The van der Waals surface area contributed by atoms with Gasteiger partial charge in [0.2, 0.25) is 5.95 Å². The van der Waals surface area contributed by atoms with E-state index in [0.29, 0.717) is 5.95 Å². The Hall–Kier alpha value is -2.30. The molecule has 1 saturated heterocycles. The number of aromatic nitrogens is 2. The van der Waals surface area contributed by atoms with Crippen molar-refractivity contribution in [3.8, 4) is 0 Å². The molecule has 1 fully saturated rings. The summed E-state index contributed by atoms with van der Waals surface area (Å²) in [7, 11) is 0. The average Bonchev–Trinajstić information content (AvgIpc) is 3.07. The van der Waals surface area contributed by atoms with E-state index in [1.807, 2.05) is 13.0 Å². The van der Waals surface area contributed by atoms with Gasteiger partial charge in [-0.15, -0.1) is 0 Å². The summed E-state index contributed by atoms with van der Waals surface area (Å²) in [5, 5.41) is 6.61. The highest BCUT2D eigenvalue weighted by Crippen LogP contribution is 2.23. The summed E-state index contributed by atoms with van der Waals surface area (Å²) in [6.45, 7) is 7.34. The Labute approximate surface area is 138 Å². The molecule has 0 spiro atoms. The van der Waals surface area contributed by atoms with Crippen molar-refractivity contribution in [2.75, 3.05) is 35.2 Å². The lowest BCUT2D eigenvalue weighted by molar-refractivity contribution is 0.947. The van der Waals surface area contributed by atoms with E-state index in [0.717, 1.165) is 30.2 Å². The van der Waals surface area contributed by atoms with Crippen molar-refractivity contribution in [1.82, 2.24) is 9.97 Å². The Kier molecular flexibility index (Phi) is 4.95. The lowest BCUT2D eigenvalue weighted by atomic mass is 10.2. The van der Waals surface area contributed by atoms with Crippen LogP contribution in [-0.2, 0) is 0 Å². The van der Waals surface area contributed by atoms with Gasteiger partial charge >= 0.3 is 0 Å².